The van der Waals surface area contributed by atoms with Crippen LogP contribution in [0.15, 0.2) is 0 Å². The number of likely N-dealkylation sites (tertiary alicyclic amines) is 1. The molecule has 0 saturated carbocycles. The number of urea groups is 1. The molecule has 1 atom stereocenters. The molecule has 0 radical (unpaired) electrons. The quantitative estimate of drug-likeness (QED) is 0.705. The van der Waals surface area contributed by atoms with Crippen LogP contribution in [0.25, 0.3) is 0 Å². The van der Waals surface area contributed by atoms with Gasteiger partial charge in [0.25, 0.3) is 6.43 Å². The van der Waals surface area contributed by atoms with E-state index >= 15 is 0 Å². The zero-order valence-electron chi connectivity index (χ0n) is 10.5. The number of rotatable bonds is 6. The molecule has 0 aromatic rings. The highest BCUT2D eigenvalue weighted by atomic mass is 19.3. The average molecular weight is 280 g/mol. The number of piperidine rings is 1. The number of nitrogens with one attached hydrogen (secondary N) is 1. The van der Waals surface area contributed by atoms with E-state index in [-0.39, 0.29) is 25.7 Å². The molecule has 1 heterocycles. The van der Waals surface area contributed by atoms with Crippen LogP contribution in [-0.4, -0.2) is 61.3 Å². The molecule has 1 aliphatic heterocycles. The Kier molecular flexibility index (Phi) is 6.48. The van der Waals surface area contributed by atoms with E-state index in [0.29, 0.717) is 19.4 Å². The smallest absolute Gasteiger partial charge is 0.317 e. The summed E-state index contributed by atoms with van der Waals surface area (Å²) in [7, 11) is 0. The number of carbonyl (C=O) groups is 2. The van der Waals surface area contributed by atoms with E-state index in [2.05, 4.69) is 10.1 Å². The maximum absolute atomic E-state index is 11.8. The molecule has 0 aromatic carbocycles. The van der Waals surface area contributed by atoms with Gasteiger partial charge in [-0.3, -0.25) is 4.79 Å². The van der Waals surface area contributed by atoms with E-state index in [0.717, 1.165) is 0 Å². The SMILES string of the molecule is O=C(O)C1CCCN(C(=O)NCCOCC(F)F)C1. The molecule has 6 nitrogen and oxygen atoms in total. The second-order valence-corrected chi connectivity index (χ2v) is 4.32. The first kappa shape index (κ1) is 15.6. The van der Waals surface area contributed by atoms with Crippen LogP contribution in [0.2, 0.25) is 0 Å². The summed E-state index contributed by atoms with van der Waals surface area (Å²) >= 11 is 0. The van der Waals surface area contributed by atoms with Gasteiger partial charge in [-0.25, -0.2) is 13.6 Å². The monoisotopic (exact) mass is 280 g/mol. The highest BCUT2D eigenvalue weighted by Crippen LogP contribution is 2.16. The van der Waals surface area contributed by atoms with Crippen molar-refractivity contribution in [1.82, 2.24) is 10.2 Å². The highest BCUT2D eigenvalue weighted by molar-refractivity contribution is 5.76. The molecule has 1 saturated heterocycles. The van der Waals surface area contributed by atoms with Crippen molar-refractivity contribution in [2.24, 2.45) is 5.92 Å². The van der Waals surface area contributed by atoms with E-state index in [1.807, 2.05) is 0 Å². The number of ether oxygens (including phenoxy) is 1. The van der Waals surface area contributed by atoms with Gasteiger partial charge in [-0.15, -0.1) is 0 Å². The average Bonchev–Trinajstić information content (AvgIpc) is 2.37. The number of carboxylic acid groups (broad SMARTS) is 1. The number of aliphatic carboxylic acids is 1. The van der Waals surface area contributed by atoms with Gasteiger partial charge in [-0.1, -0.05) is 0 Å². The van der Waals surface area contributed by atoms with Crippen molar-refractivity contribution in [2.75, 3.05) is 32.8 Å². The number of carboxylic acids is 1. The van der Waals surface area contributed by atoms with Gasteiger partial charge in [0.1, 0.15) is 6.61 Å². The molecule has 0 aliphatic carbocycles. The summed E-state index contributed by atoms with van der Waals surface area (Å²) in [5.41, 5.74) is 0. The summed E-state index contributed by atoms with van der Waals surface area (Å²) in [6.45, 7) is 0.166. The lowest BCUT2D eigenvalue weighted by molar-refractivity contribution is -0.143. The molecule has 8 heteroatoms. The van der Waals surface area contributed by atoms with Crippen LogP contribution in [-0.2, 0) is 9.53 Å². The van der Waals surface area contributed by atoms with Gasteiger partial charge < -0.3 is 20.1 Å². The molecular formula is C11H18F2N2O4. The topological polar surface area (TPSA) is 78.9 Å². The van der Waals surface area contributed by atoms with Crippen molar-refractivity contribution >= 4 is 12.0 Å². The number of hydrogen-bond donors (Lipinski definition) is 2. The van der Waals surface area contributed by atoms with Gasteiger partial charge in [0.2, 0.25) is 0 Å². The fourth-order valence-corrected chi connectivity index (χ4v) is 1.88. The Morgan fingerprint density at radius 2 is 2.21 bits per heavy atom. The van der Waals surface area contributed by atoms with Crippen molar-refractivity contribution in [3.05, 3.63) is 0 Å². The number of hydrogen-bond acceptors (Lipinski definition) is 3. The second kappa shape index (κ2) is 7.88. The van der Waals surface area contributed by atoms with Crippen molar-refractivity contribution < 1.29 is 28.2 Å². The van der Waals surface area contributed by atoms with E-state index in [1.54, 1.807) is 0 Å². The molecule has 19 heavy (non-hydrogen) atoms. The molecule has 2 N–H and O–H groups in total. The van der Waals surface area contributed by atoms with Crippen LogP contribution >= 0.6 is 0 Å². The fraction of sp³-hybridized carbons (Fsp3) is 0.818. The first-order valence-electron chi connectivity index (χ1n) is 6.12. The number of halogens is 2. The summed E-state index contributed by atoms with van der Waals surface area (Å²) in [6, 6.07) is -0.383. The summed E-state index contributed by atoms with van der Waals surface area (Å²) in [6.07, 6.45) is -1.31. The largest absolute Gasteiger partial charge is 0.481 e. The summed E-state index contributed by atoms with van der Waals surface area (Å²) in [5.74, 6) is -1.44. The van der Waals surface area contributed by atoms with Crippen LogP contribution in [0.3, 0.4) is 0 Å². The highest BCUT2D eigenvalue weighted by Gasteiger charge is 2.27. The van der Waals surface area contributed by atoms with Crippen LogP contribution in [0, 0.1) is 5.92 Å². The molecule has 1 rings (SSSR count). The molecule has 0 spiro atoms. The Balaban J connectivity index is 2.20. The van der Waals surface area contributed by atoms with Gasteiger partial charge in [-0.2, -0.15) is 0 Å². The van der Waals surface area contributed by atoms with Crippen LogP contribution < -0.4 is 5.32 Å². The lowest BCUT2D eigenvalue weighted by Crippen LogP contribution is -2.47. The van der Waals surface area contributed by atoms with Gasteiger partial charge in [-0.05, 0) is 12.8 Å². The van der Waals surface area contributed by atoms with Crippen LogP contribution in [0.5, 0.6) is 0 Å². The zero-order valence-corrected chi connectivity index (χ0v) is 10.5. The minimum absolute atomic E-state index is 0.00623. The van der Waals surface area contributed by atoms with Gasteiger partial charge in [0, 0.05) is 19.6 Å². The summed E-state index contributed by atoms with van der Waals surface area (Å²) in [5, 5.41) is 11.4. The lowest BCUT2D eigenvalue weighted by Gasteiger charge is -2.30. The van der Waals surface area contributed by atoms with E-state index in [1.165, 1.54) is 4.90 Å². The van der Waals surface area contributed by atoms with Gasteiger partial charge in [0.05, 0.1) is 12.5 Å². The van der Waals surface area contributed by atoms with Crippen molar-refractivity contribution in [2.45, 2.75) is 19.3 Å². The molecular weight excluding hydrogens is 262 g/mol. The minimum Gasteiger partial charge on any atom is -0.481 e. The van der Waals surface area contributed by atoms with Gasteiger partial charge in [0.15, 0.2) is 0 Å². The molecule has 0 aromatic heterocycles. The first-order valence-corrected chi connectivity index (χ1v) is 6.12. The lowest BCUT2D eigenvalue weighted by atomic mass is 9.99. The standard InChI is InChI=1S/C11H18F2N2O4/c12-9(13)7-19-5-3-14-11(18)15-4-1-2-8(6-15)10(16)17/h8-9H,1-7H2,(H,14,18)(H,16,17). The number of nitrogens with zero attached hydrogens (tertiary/aromatic N) is 1. The predicted octanol–water partition coefficient (Wildman–Crippen LogP) is 0.774. The zero-order chi connectivity index (χ0) is 14.3. The second-order valence-electron chi connectivity index (χ2n) is 4.32. The third-order valence-corrected chi connectivity index (χ3v) is 2.82. The van der Waals surface area contributed by atoms with E-state index < -0.39 is 24.9 Å². The van der Waals surface area contributed by atoms with Crippen molar-refractivity contribution in [1.29, 1.82) is 0 Å². The molecule has 0 bridgehead atoms. The first-order chi connectivity index (χ1) is 9.00. The predicted molar refractivity (Wildman–Crippen MR) is 62.2 cm³/mol. The van der Waals surface area contributed by atoms with Crippen LogP contribution in [0.1, 0.15) is 12.8 Å². The summed E-state index contributed by atoms with van der Waals surface area (Å²) < 4.78 is 28.1. The molecule has 2 amide bonds. The Bertz CT molecular complexity index is 315. The normalized spacial score (nSPS) is 19.5. The number of carbonyl (C=O) groups excluding carboxylic acids is 1. The third-order valence-electron chi connectivity index (χ3n) is 2.82. The third kappa shape index (κ3) is 5.82. The van der Waals surface area contributed by atoms with E-state index in [9.17, 15) is 18.4 Å². The number of amides is 2. The van der Waals surface area contributed by atoms with Crippen LogP contribution in [0.4, 0.5) is 13.6 Å². The Morgan fingerprint density at radius 1 is 1.47 bits per heavy atom. The van der Waals surface area contributed by atoms with Crippen molar-refractivity contribution in [3.8, 4) is 0 Å². The van der Waals surface area contributed by atoms with E-state index in [4.69, 9.17) is 5.11 Å². The summed E-state index contributed by atoms with van der Waals surface area (Å²) in [4.78, 5) is 23.9. The minimum atomic E-state index is -2.52. The molecule has 1 unspecified atom stereocenters. The fourth-order valence-electron chi connectivity index (χ4n) is 1.88. The van der Waals surface area contributed by atoms with Crippen molar-refractivity contribution in [3.63, 3.8) is 0 Å². The van der Waals surface area contributed by atoms with Gasteiger partial charge >= 0.3 is 12.0 Å². The number of alkyl halides is 2. The maximum Gasteiger partial charge on any atom is 0.317 e. The Hall–Kier alpha value is -1.44. The molecule has 1 aliphatic rings. The maximum atomic E-state index is 11.8. The Morgan fingerprint density at radius 3 is 2.84 bits per heavy atom. The Labute approximate surface area is 109 Å². The molecule has 110 valence electrons. The molecule has 1 fully saturated rings.